The standard InChI is InChI=1S/C13H27NO/c1-11(2)5-6-13-10-14(7-8-15-13)9-12(3)4/h11-13H,5-10H2,1-4H3. The number of hydrogen-bond donors (Lipinski definition) is 0. The molecule has 0 aromatic heterocycles. The van der Waals surface area contributed by atoms with Gasteiger partial charge in [0.05, 0.1) is 12.7 Å². The Labute approximate surface area is 95.0 Å². The molecule has 0 spiro atoms. The number of nitrogens with zero attached hydrogens (tertiary/aromatic N) is 1. The average Bonchev–Trinajstić information content (AvgIpc) is 2.14. The summed E-state index contributed by atoms with van der Waals surface area (Å²) in [5.74, 6) is 1.57. The normalized spacial score (nSPS) is 24.0. The van der Waals surface area contributed by atoms with E-state index in [1.165, 1.54) is 19.4 Å². The Morgan fingerprint density at radius 1 is 1.20 bits per heavy atom. The van der Waals surface area contributed by atoms with Crippen molar-refractivity contribution in [1.82, 2.24) is 4.90 Å². The minimum absolute atomic E-state index is 0.486. The number of morpholine rings is 1. The summed E-state index contributed by atoms with van der Waals surface area (Å²) in [7, 11) is 0. The average molecular weight is 213 g/mol. The first-order valence-electron chi connectivity index (χ1n) is 6.42. The molecule has 15 heavy (non-hydrogen) atoms. The molecule has 0 radical (unpaired) electrons. The van der Waals surface area contributed by atoms with E-state index < -0.39 is 0 Å². The highest BCUT2D eigenvalue weighted by molar-refractivity contribution is 4.72. The second-order valence-electron chi connectivity index (χ2n) is 5.62. The summed E-state index contributed by atoms with van der Waals surface area (Å²) in [5, 5.41) is 0. The van der Waals surface area contributed by atoms with Gasteiger partial charge in [-0.25, -0.2) is 0 Å². The van der Waals surface area contributed by atoms with Crippen LogP contribution in [0.2, 0.25) is 0 Å². The third-order valence-electron chi connectivity index (χ3n) is 2.91. The maximum Gasteiger partial charge on any atom is 0.0702 e. The van der Waals surface area contributed by atoms with E-state index in [-0.39, 0.29) is 0 Å². The van der Waals surface area contributed by atoms with Gasteiger partial charge in [-0.2, -0.15) is 0 Å². The van der Waals surface area contributed by atoms with Crippen molar-refractivity contribution in [3.63, 3.8) is 0 Å². The Kier molecular flexibility index (Phi) is 5.62. The summed E-state index contributed by atoms with van der Waals surface area (Å²) < 4.78 is 5.80. The molecule has 1 fully saturated rings. The van der Waals surface area contributed by atoms with Crippen LogP contribution < -0.4 is 0 Å². The highest BCUT2D eigenvalue weighted by atomic mass is 16.5. The molecule has 0 amide bonds. The Morgan fingerprint density at radius 3 is 2.53 bits per heavy atom. The van der Waals surface area contributed by atoms with Crippen molar-refractivity contribution in [2.75, 3.05) is 26.2 Å². The SMILES string of the molecule is CC(C)CCC1CN(CC(C)C)CCO1. The number of rotatable bonds is 5. The van der Waals surface area contributed by atoms with Crippen LogP contribution in [0.1, 0.15) is 40.5 Å². The van der Waals surface area contributed by atoms with Gasteiger partial charge in [-0.15, -0.1) is 0 Å². The molecular weight excluding hydrogens is 186 g/mol. The lowest BCUT2D eigenvalue weighted by molar-refractivity contribution is -0.0370. The molecule has 1 saturated heterocycles. The second-order valence-corrected chi connectivity index (χ2v) is 5.62. The lowest BCUT2D eigenvalue weighted by Crippen LogP contribution is -2.43. The van der Waals surface area contributed by atoms with Gasteiger partial charge in [0, 0.05) is 19.6 Å². The lowest BCUT2D eigenvalue weighted by Gasteiger charge is -2.34. The predicted octanol–water partition coefficient (Wildman–Crippen LogP) is 2.78. The first-order chi connectivity index (χ1) is 7.08. The summed E-state index contributed by atoms with van der Waals surface area (Å²) in [5.41, 5.74) is 0. The van der Waals surface area contributed by atoms with Crippen LogP contribution in [-0.2, 0) is 4.74 Å². The Bertz CT molecular complexity index is 168. The quantitative estimate of drug-likeness (QED) is 0.696. The minimum Gasteiger partial charge on any atom is -0.376 e. The summed E-state index contributed by atoms with van der Waals surface area (Å²) in [6.45, 7) is 13.6. The van der Waals surface area contributed by atoms with Crippen LogP contribution in [0.4, 0.5) is 0 Å². The van der Waals surface area contributed by atoms with Crippen LogP contribution in [0.25, 0.3) is 0 Å². The van der Waals surface area contributed by atoms with Gasteiger partial charge in [-0.05, 0) is 24.7 Å². The Morgan fingerprint density at radius 2 is 1.93 bits per heavy atom. The predicted molar refractivity (Wildman–Crippen MR) is 65.1 cm³/mol. The number of hydrogen-bond acceptors (Lipinski definition) is 2. The summed E-state index contributed by atoms with van der Waals surface area (Å²) in [6.07, 6.45) is 3.01. The molecule has 2 nitrogen and oxygen atoms in total. The van der Waals surface area contributed by atoms with Crippen LogP contribution in [0, 0.1) is 11.8 Å². The molecule has 0 bridgehead atoms. The highest BCUT2D eigenvalue weighted by Crippen LogP contribution is 2.15. The third kappa shape index (κ3) is 5.53. The van der Waals surface area contributed by atoms with Crippen molar-refractivity contribution >= 4 is 0 Å². The van der Waals surface area contributed by atoms with Gasteiger partial charge in [0.25, 0.3) is 0 Å². The largest absolute Gasteiger partial charge is 0.376 e. The fourth-order valence-corrected chi connectivity index (χ4v) is 2.16. The van der Waals surface area contributed by atoms with Gasteiger partial charge in [-0.1, -0.05) is 27.7 Å². The van der Waals surface area contributed by atoms with Crippen molar-refractivity contribution in [3.8, 4) is 0 Å². The zero-order valence-corrected chi connectivity index (χ0v) is 10.8. The molecule has 2 heteroatoms. The minimum atomic E-state index is 0.486. The van der Waals surface area contributed by atoms with Gasteiger partial charge in [0.15, 0.2) is 0 Å². The first-order valence-corrected chi connectivity index (χ1v) is 6.42. The van der Waals surface area contributed by atoms with Crippen molar-refractivity contribution in [1.29, 1.82) is 0 Å². The van der Waals surface area contributed by atoms with E-state index in [1.54, 1.807) is 0 Å². The van der Waals surface area contributed by atoms with Crippen molar-refractivity contribution < 1.29 is 4.74 Å². The van der Waals surface area contributed by atoms with E-state index >= 15 is 0 Å². The molecule has 1 unspecified atom stereocenters. The molecular formula is C13H27NO. The summed E-state index contributed by atoms with van der Waals surface area (Å²) in [6, 6.07) is 0. The molecule has 0 aliphatic carbocycles. The molecule has 0 aromatic carbocycles. The molecule has 1 aliphatic heterocycles. The van der Waals surface area contributed by atoms with Crippen LogP contribution in [0.5, 0.6) is 0 Å². The van der Waals surface area contributed by atoms with Crippen molar-refractivity contribution in [2.24, 2.45) is 11.8 Å². The zero-order valence-electron chi connectivity index (χ0n) is 10.8. The van der Waals surface area contributed by atoms with Gasteiger partial charge in [-0.3, -0.25) is 4.90 Å². The van der Waals surface area contributed by atoms with E-state index in [4.69, 9.17) is 4.74 Å². The van der Waals surface area contributed by atoms with Crippen LogP contribution in [0.3, 0.4) is 0 Å². The Hall–Kier alpha value is -0.0800. The maximum atomic E-state index is 5.80. The van der Waals surface area contributed by atoms with Gasteiger partial charge >= 0.3 is 0 Å². The molecule has 1 rings (SSSR count). The first kappa shape index (κ1) is 13.0. The molecule has 1 aliphatic rings. The molecule has 90 valence electrons. The smallest absolute Gasteiger partial charge is 0.0702 e. The topological polar surface area (TPSA) is 12.5 Å². The van der Waals surface area contributed by atoms with Crippen LogP contribution >= 0.6 is 0 Å². The van der Waals surface area contributed by atoms with E-state index in [9.17, 15) is 0 Å². The molecule has 0 saturated carbocycles. The molecule has 0 N–H and O–H groups in total. The van der Waals surface area contributed by atoms with E-state index in [1.807, 2.05) is 0 Å². The molecule has 1 atom stereocenters. The van der Waals surface area contributed by atoms with Gasteiger partial charge in [0.1, 0.15) is 0 Å². The monoisotopic (exact) mass is 213 g/mol. The van der Waals surface area contributed by atoms with E-state index in [0.29, 0.717) is 6.10 Å². The maximum absolute atomic E-state index is 5.80. The zero-order chi connectivity index (χ0) is 11.3. The fraction of sp³-hybridized carbons (Fsp3) is 1.00. The Balaban J connectivity index is 2.23. The van der Waals surface area contributed by atoms with Gasteiger partial charge in [0.2, 0.25) is 0 Å². The molecule has 1 heterocycles. The third-order valence-corrected chi connectivity index (χ3v) is 2.91. The summed E-state index contributed by atoms with van der Waals surface area (Å²) >= 11 is 0. The lowest BCUT2D eigenvalue weighted by atomic mass is 10.0. The molecule has 0 aromatic rings. The summed E-state index contributed by atoms with van der Waals surface area (Å²) in [4.78, 5) is 2.55. The second kappa shape index (κ2) is 6.49. The number of ether oxygens (including phenoxy) is 1. The van der Waals surface area contributed by atoms with Crippen molar-refractivity contribution in [2.45, 2.75) is 46.6 Å². The fourth-order valence-electron chi connectivity index (χ4n) is 2.16. The van der Waals surface area contributed by atoms with E-state index in [2.05, 4.69) is 32.6 Å². The van der Waals surface area contributed by atoms with Crippen LogP contribution in [0.15, 0.2) is 0 Å². The highest BCUT2D eigenvalue weighted by Gasteiger charge is 2.20. The van der Waals surface area contributed by atoms with Gasteiger partial charge < -0.3 is 4.74 Å². The van der Waals surface area contributed by atoms with Crippen molar-refractivity contribution in [3.05, 3.63) is 0 Å². The van der Waals surface area contributed by atoms with E-state index in [0.717, 1.165) is 31.5 Å². The van der Waals surface area contributed by atoms with Crippen LogP contribution in [-0.4, -0.2) is 37.2 Å².